The summed E-state index contributed by atoms with van der Waals surface area (Å²) in [5.74, 6) is -1.12. The number of rotatable bonds is 2. The van der Waals surface area contributed by atoms with Crippen molar-refractivity contribution in [1.82, 2.24) is 9.55 Å². The van der Waals surface area contributed by atoms with E-state index in [1.54, 1.807) is 10.8 Å². The number of nitrogens with two attached hydrogens (primary N) is 1. The Hall–Kier alpha value is -1.75. The summed E-state index contributed by atoms with van der Waals surface area (Å²) in [6, 6.07) is 2.58. The summed E-state index contributed by atoms with van der Waals surface area (Å²) >= 11 is 0. The van der Waals surface area contributed by atoms with Crippen LogP contribution in [0.25, 0.3) is 5.69 Å². The first-order valence-corrected chi connectivity index (χ1v) is 5.79. The van der Waals surface area contributed by atoms with Crippen LogP contribution in [-0.4, -0.2) is 9.55 Å². The molecule has 94 valence electrons. The highest BCUT2D eigenvalue weighted by atomic mass is 19.1. The minimum absolute atomic E-state index is 0.0246. The van der Waals surface area contributed by atoms with Crippen molar-refractivity contribution >= 4 is 0 Å². The first kappa shape index (κ1) is 11.3. The topological polar surface area (TPSA) is 43.8 Å². The zero-order chi connectivity index (χ0) is 12.9. The van der Waals surface area contributed by atoms with Crippen LogP contribution in [0.4, 0.5) is 8.78 Å². The molecule has 2 N–H and O–H groups in total. The Balaban J connectivity index is 2.02. The van der Waals surface area contributed by atoms with E-state index in [2.05, 4.69) is 4.98 Å². The molecule has 0 unspecified atom stereocenters. The largest absolute Gasteiger partial charge is 0.320 e. The fraction of sp³-hybridized carbons (Fsp3) is 0.308. The quantitative estimate of drug-likeness (QED) is 0.888. The van der Waals surface area contributed by atoms with Crippen LogP contribution in [0.15, 0.2) is 24.7 Å². The number of halogens is 2. The normalized spacial score (nSPS) is 16.9. The predicted molar refractivity (Wildman–Crippen MR) is 63.3 cm³/mol. The van der Waals surface area contributed by atoms with Gasteiger partial charge >= 0.3 is 0 Å². The maximum Gasteiger partial charge on any atom is 0.131 e. The summed E-state index contributed by atoms with van der Waals surface area (Å²) in [6.07, 6.45) is 5.07. The third-order valence-electron chi connectivity index (χ3n) is 3.45. The lowest BCUT2D eigenvalue weighted by Crippen LogP contribution is -2.18. The van der Waals surface area contributed by atoms with Crippen molar-refractivity contribution in [2.24, 2.45) is 5.73 Å². The molecule has 1 aromatic carbocycles. The lowest BCUT2D eigenvalue weighted by atomic mass is 10.2. The molecule has 1 fully saturated rings. The zero-order valence-electron chi connectivity index (χ0n) is 9.95. The van der Waals surface area contributed by atoms with E-state index < -0.39 is 11.6 Å². The molecule has 1 aliphatic carbocycles. The molecule has 0 saturated heterocycles. The Labute approximate surface area is 103 Å². The first-order chi connectivity index (χ1) is 8.49. The smallest absolute Gasteiger partial charge is 0.131 e. The minimum Gasteiger partial charge on any atom is -0.320 e. The van der Waals surface area contributed by atoms with Crippen LogP contribution in [0.5, 0.6) is 0 Å². The van der Waals surface area contributed by atoms with Gasteiger partial charge in [0, 0.05) is 11.8 Å². The average Bonchev–Trinajstić information content (AvgIpc) is 2.91. The summed E-state index contributed by atoms with van der Waals surface area (Å²) < 4.78 is 28.6. The minimum atomic E-state index is -0.561. The lowest BCUT2D eigenvalue weighted by Gasteiger charge is -2.06. The Morgan fingerprint density at radius 1 is 1.28 bits per heavy atom. The van der Waals surface area contributed by atoms with Crippen molar-refractivity contribution in [2.45, 2.75) is 25.3 Å². The van der Waals surface area contributed by atoms with Crippen LogP contribution in [0.1, 0.15) is 24.1 Å². The van der Waals surface area contributed by atoms with Gasteiger partial charge in [-0.1, -0.05) is 0 Å². The Morgan fingerprint density at radius 3 is 2.44 bits per heavy atom. The molecule has 1 aliphatic rings. The second-order valence-electron chi connectivity index (χ2n) is 4.86. The van der Waals surface area contributed by atoms with Gasteiger partial charge in [0.2, 0.25) is 0 Å². The molecule has 0 bridgehead atoms. The van der Waals surface area contributed by atoms with Gasteiger partial charge in [-0.05, 0) is 31.9 Å². The number of hydrogen-bond donors (Lipinski definition) is 1. The fourth-order valence-electron chi connectivity index (χ4n) is 1.89. The SMILES string of the molecule is Cc1c(F)cc(-n2cnc(C3(N)CC3)c2)cc1F. The van der Waals surface area contributed by atoms with Crippen molar-refractivity contribution < 1.29 is 8.78 Å². The van der Waals surface area contributed by atoms with Gasteiger partial charge in [-0.3, -0.25) is 0 Å². The van der Waals surface area contributed by atoms with Gasteiger partial charge in [0.05, 0.1) is 23.2 Å². The van der Waals surface area contributed by atoms with Crippen molar-refractivity contribution in [3.63, 3.8) is 0 Å². The molecule has 2 aromatic rings. The maximum absolute atomic E-state index is 13.5. The van der Waals surface area contributed by atoms with Gasteiger partial charge < -0.3 is 10.3 Å². The molecule has 1 heterocycles. The molecule has 0 radical (unpaired) electrons. The van der Waals surface area contributed by atoms with Crippen molar-refractivity contribution in [1.29, 1.82) is 0 Å². The second kappa shape index (κ2) is 3.62. The number of aromatic nitrogens is 2. The van der Waals surface area contributed by atoms with Crippen molar-refractivity contribution in [3.05, 3.63) is 47.5 Å². The van der Waals surface area contributed by atoms with E-state index in [9.17, 15) is 8.78 Å². The van der Waals surface area contributed by atoms with Crippen LogP contribution in [-0.2, 0) is 5.54 Å². The fourth-order valence-corrected chi connectivity index (χ4v) is 1.89. The molecule has 3 rings (SSSR count). The van der Waals surface area contributed by atoms with Gasteiger partial charge in [0.1, 0.15) is 11.6 Å². The third kappa shape index (κ3) is 1.71. The summed E-state index contributed by atoms with van der Waals surface area (Å²) in [7, 11) is 0. The molecule has 1 saturated carbocycles. The molecular formula is C13H13F2N3. The molecule has 1 aromatic heterocycles. The summed E-state index contributed by atoms with van der Waals surface area (Å²) in [6.45, 7) is 1.41. The Bertz CT molecular complexity index is 591. The third-order valence-corrected chi connectivity index (χ3v) is 3.45. The van der Waals surface area contributed by atoms with Crippen molar-refractivity contribution in [3.8, 4) is 5.69 Å². The van der Waals surface area contributed by atoms with E-state index in [1.165, 1.54) is 25.4 Å². The first-order valence-electron chi connectivity index (χ1n) is 5.79. The highest BCUT2D eigenvalue weighted by Gasteiger charge is 2.42. The standard InChI is InChI=1S/C13H13F2N3/c1-8-10(14)4-9(5-11(8)15)18-6-12(17-7-18)13(16)2-3-13/h4-7H,2-3,16H2,1H3. The number of benzene rings is 1. The van der Waals surface area contributed by atoms with E-state index in [4.69, 9.17) is 5.73 Å². The Morgan fingerprint density at radius 2 is 1.89 bits per heavy atom. The van der Waals surface area contributed by atoms with Crippen LogP contribution >= 0.6 is 0 Å². The van der Waals surface area contributed by atoms with Gasteiger partial charge in [0.15, 0.2) is 0 Å². The number of imidazole rings is 1. The van der Waals surface area contributed by atoms with Gasteiger partial charge in [-0.25, -0.2) is 13.8 Å². The van der Waals surface area contributed by atoms with Crippen LogP contribution < -0.4 is 5.73 Å². The van der Waals surface area contributed by atoms with E-state index in [1.807, 2.05) is 0 Å². The summed E-state index contributed by atoms with van der Waals surface area (Å²) in [5, 5.41) is 0. The van der Waals surface area contributed by atoms with Gasteiger partial charge in [-0.2, -0.15) is 0 Å². The molecule has 0 atom stereocenters. The highest BCUT2D eigenvalue weighted by Crippen LogP contribution is 2.41. The summed E-state index contributed by atoms with van der Waals surface area (Å²) in [5.41, 5.74) is 6.89. The van der Waals surface area contributed by atoms with Crippen molar-refractivity contribution in [2.75, 3.05) is 0 Å². The van der Waals surface area contributed by atoms with E-state index in [0.29, 0.717) is 5.69 Å². The van der Waals surface area contributed by atoms with Crippen LogP contribution in [0.3, 0.4) is 0 Å². The number of nitrogens with zero attached hydrogens (tertiary/aromatic N) is 2. The molecule has 5 heteroatoms. The molecule has 0 spiro atoms. The average molecular weight is 249 g/mol. The van der Waals surface area contributed by atoms with Crippen LogP contribution in [0.2, 0.25) is 0 Å². The monoisotopic (exact) mass is 249 g/mol. The molecule has 0 amide bonds. The Kier molecular flexibility index (Phi) is 2.28. The van der Waals surface area contributed by atoms with Gasteiger partial charge in [0.25, 0.3) is 0 Å². The summed E-state index contributed by atoms with van der Waals surface area (Å²) in [4.78, 5) is 4.20. The predicted octanol–water partition coefficient (Wildman–Crippen LogP) is 2.41. The maximum atomic E-state index is 13.5. The molecule has 3 nitrogen and oxygen atoms in total. The van der Waals surface area contributed by atoms with E-state index in [-0.39, 0.29) is 11.1 Å². The highest BCUT2D eigenvalue weighted by molar-refractivity contribution is 5.37. The van der Waals surface area contributed by atoms with Crippen LogP contribution in [0, 0.1) is 18.6 Å². The molecular weight excluding hydrogens is 236 g/mol. The lowest BCUT2D eigenvalue weighted by molar-refractivity contribution is 0.566. The number of hydrogen-bond acceptors (Lipinski definition) is 2. The van der Waals surface area contributed by atoms with E-state index in [0.717, 1.165) is 18.5 Å². The van der Waals surface area contributed by atoms with E-state index >= 15 is 0 Å². The molecule has 0 aliphatic heterocycles. The second-order valence-corrected chi connectivity index (χ2v) is 4.86. The van der Waals surface area contributed by atoms with Gasteiger partial charge in [-0.15, -0.1) is 0 Å². The zero-order valence-corrected chi connectivity index (χ0v) is 9.95. The molecule has 18 heavy (non-hydrogen) atoms.